The van der Waals surface area contributed by atoms with E-state index in [0.29, 0.717) is 0 Å². The van der Waals surface area contributed by atoms with E-state index >= 15 is 0 Å². The van der Waals surface area contributed by atoms with Gasteiger partial charge in [-0.05, 0) is 62.1 Å². The average molecular weight is 185 g/mol. The fourth-order valence-electron chi connectivity index (χ4n) is 2.50. The van der Waals surface area contributed by atoms with Crippen LogP contribution in [-0.2, 0) is 0 Å². The van der Waals surface area contributed by atoms with Crippen LogP contribution in [-0.4, -0.2) is 24.6 Å². The third kappa shape index (κ3) is 2.17. The molecule has 0 aromatic rings. The van der Waals surface area contributed by atoms with E-state index < -0.39 is 0 Å². The lowest BCUT2D eigenvalue weighted by molar-refractivity contribution is 0.246. The van der Waals surface area contributed by atoms with E-state index in [9.17, 15) is 0 Å². The van der Waals surface area contributed by atoms with Gasteiger partial charge in [0.05, 0.1) is 0 Å². The molecule has 0 saturated carbocycles. The Balaban J connectivity index is 1.80. The van der Waals surface area contributed by atoms with Gasteiger partial charge >= 0.3 is 0 Å². The first-order valence-corrected chi connectivity index (χ1v) is 6.41. The quantitative estimate of drug-likeness (QED) is 0.671. The second-order valence-electron chi connectivity index (χ2n) is 4.04. The molecule has 0 amide bonds. The van der Waals surface area contributed by atoms with Gasteiger partial charge in [0, 0.05) is 0 Å². The summed E-state index contributed by atoms with van der Waals surface area (Å²) in [4.78, 5) is 0. The number of thioether (sulfide) groups is 1. The second-order valence-corrected chi connectivity index (χ2v) is 5.26. The summed E-state index contributed by atoms with van der Waals surface area (Å²) in [5, 5.41) is 3.45. The number of hydrogen-bond acceptors (Lipinski definition) is 2. The summed E-state index contributed by atoms with van der Waals surface area (Å²) in [5.41, 5.74) is 0. The van der Waals surface area contributed by atoms with Crippen LogP contribution >= 0.6 is 11.8 Å². The van der Waals surface area contributed by atoms with E-state index in [1.165, 1.54) is 50.3 Å². The zero-order valence-electron chi connectivity index (χ0n) is 7.72. The van der Waals surface area contributed by atoms with E-state index in [1.807, 2.05) is 0 Å². The van der Waals surface area contributed by atoms with Crippen molar-refractivity contribution >= 4 is 11.8 Å². The molecule has 0 unspecified atom stereocenters. The molecule has 12 heavy (non-hydrogen) atoms. The zero-order valence-corrected chi connectivity index (χ0v) is 8.54. The molecule has 70 valence electrons. The van der Waals surface area contributed by atoms with Crippen LogP contribution in [0.25, 0.3) is 0 Å². The van der Waals surface area contributed by atoms with Gasteiger partial charge in [-0.2, -0.15) is 11.8 Å². The standard InChI is InChI=1S/C10H19NS/c1-5-11-6-2-9(1)10-3-7-12-8-4-10/h9-11H,1-8H2. The molecular formula is C10H19NS. The van der Waals surface area contributed by atoms with Crippen LogP contribution in [0.5, 0.6) is 0 Å². The highest BCUT2D eigenvalue weighted by Gasteiger charge is 2.24. The Morgan fingerprint density at radius 1 is 0.833 bits per heavy atom. The summed E-state index contributed by atoms with van der Waals surface area (Å²) >= 11 is 2.15. The Bertz CT molecular complexity index is 110. The Morgan fingerprint density at radius 2 is 1.42 bits per heavy atom. The highest BCUT2D eigenvalue weighted by molar-refractivity contribution is 7.99. The van der Waals surface area contributed by atoms with Crippen LogP contribution in [0.2, 0.25) is 0 Å². The van der Waals surface area contributed by atoms with Gasteiger partial charge in [0.2, 0.25) is 0 Å². The van der Waals surface area contributed by atoms with E-state index in [1.54, 1.807) is 0 Å². The highest BCUT2D eigenvalue weighted by Crippen LogP contribution is 2.33. The molecule has 0 aromatic heterocycles. The molecule has 2 fully saturated rings. The van der Waals surface area contributed by atoms with Gasteiger partial charge in [-0.15, -0.1) is 0 Å². The maximum Gasteiger partial charge on any atom is -0.00462 e. The summed E-state index contributed by atoms with van der Waals surface area (Å²) in [6.45, 7) is 2.54. The molecule has 1 nitrogen and oxygen atoms in total. The SMILES string of the molecule is C1CC(C2CCSCC2)CCN1. The number of hydrogen-bond donors (Lipinski definition) is 1. The largest absolute Gasteiger partial charge is 0.317 e. The Morgan fingerprint density at radius 3 is 2.08 bits per heavy atom. The monoisotopic (exact) mass is 185 g/mol. The predicted molar refractivity (Wildman–Crippen MR) is 55.6 cm³/mol. The lowest BCUT2D eigenvalue weighted by Gasteiger charge is -2.32. The fourth-order valence-corrected chi connectivity index (χ4v) is 3.65. The molecule has 2 heterocycles. The number of nitrogens with one attached hydrogen (secondary N) is 1. The van der Waals surface area contributed by atoms with Crippen LogP contribution in [0, 0.1) is 11.8 Å². The van der Waals surface area contributed by atoms with Gasteiger partial charge in [-0.1, -0.05) is 0 Å². The molecule has 0 aliphatic carbocycles. The van der Waals surface area contributed by atoms with Crippen molar-refractivity contribution in [3.05, 3.63) is 0 Å². The molecule has 0 atom stereocenters. The molecule has 2 aliphatic heterocycles. The molecule has 2 aliphatic rings. The van der Waals surface area contributed by atoms with Crippen molar-refractivity contribution in [3.8, 4) is 0 Å². The smallest absolute Gasteiger partial charge is 0.00462 e. The molecular weight excluding hydrogens is 166 g/mol. The normalized spacial score (nSPS) is 29.0. The summed E-state index contributed by atoms with van der Waals surface area (Å²) in [6.07, 6.45) is 5.87. The third-order valence-electron chi connectivity index (χ3n) is 3.32. The summed E-state index contributed by atoms with van der Waals surface area (Å²) in [5.74, 6) is 4.99. The predicted octanol–water partition coefficient (Wildman–Crippen LogP) is 2.13. The van der Waals surface area contributed by atoms with Gasteiger partial charge in [-0.25, -0.2) is 0 Å². The molecule has 2 saturated heterocycles. The summed E-state index contributed by atoms with van der Waals surface area (Å²) in [6, 6.07) is 0. The van der Waals surface area contributed by atoms with Crippen molar-refractivity contribution in [2.45, 2.75) is 25.7 Å². The Labute approximate surface area is 79.7 Å². The lowest BCUT2D eigenvalue weighted by Crippen LogP contribution is -2.32. The van der Waals surface area contributed by atoms with Crippen molar-refractivity contribution in [1.29, 1.82) is 0 Å². The molecule has 2 rings (SSSR count). The maximum absolute atomic E-state index is 3.45. The van der Waals surface area contributed by atoms with Gasteiger partial charge in [-0.3, -0.25) is 0 Å². The van der Waals surface area contributed by atoms with Gasteiger partial charge < -0.3 is 5.32 Å². The van der Waals surface area contributed by atoms with Crippen LogP contribution < -0.4 is 5.32 Å². The Kier molecular flexibility index (Phi) is 3.35. The van der Waals surface area contributed by atoms with Gasteiger partial charge in [0.15, 0.2) is 0 Å². The minimum Gasteiger partial charge on any atom is -0.317 e. The zero-order chi connectivity index (χ0) is 8.23. The van der Waals surface area contributed by atoms with Crippen LogP contribution in [0.4, 0.5) is 0 Å². The minimum atomic E-state index is 1.06. The number of piperidine rings is 1. The average Bonchev–Trinajstić information content (AvgIpc) is 2.21. The maximum atomic E-state index is 3.45. The fraction of sp³-hybridized carbons (Fsp3) is 1.00. The molecule has 0 spiro atoms. The van der Waals surface area contributed by atoms with Crippen LogP contribution in [0.1, 0.15) is 25.7 Å². The first-order chi connectivity index (χ1) is 5.97. The van der Waals surface area contributed by atoms with Crippen LogP contribution in [0.15, 0.2) is 0 Å². The Hall–Kier alpha value is 0.310. The molecule has 1 N–H and O–H groups in total. The molecule has 0 bridgehead atoms. The van der Waals surface area contributed by atoms with Gasteiger partial charge in [0.1, 0.15) is 0 Å². The molecule has 0 radical (unpaired) electrons. The second kappa shape index (κ2) is 4.52. The third-order valence-corrected chi connectivity index (χ3v) is 4.37. The minimum absolute atomic E-state index is 1.06. The van der Waals surface area contributed by atoms with Gasteiger partial charge in [0.25, 0.3) is 0 Å². The van der Waals surface area contributed by atoms with E-state index in [-0.39, 0.29) is 0 Å². The first kappa shape index (κ1) is 8.89. The van der Waals surface area contributed by atoms with Crippen molar-refractivity contribution < 1.29 is 0 Å². The van der Waals surface area contributed by atoms with E-state index in [2.05, 4.69) is 17.1 Å². The van der Waals surface area contributed by atoms with E-state index in [4.69, 9.17) is 0 Å². The highest BCUT2D eigenvalue weighted by atomic mass is 32.2. The molecule has 0 aromatic carbocycles. The molecule has 2 heteroatoms. The van der Waals surface area contributed by atoms with Crippen molar-refractivity contribution in [3.63, 3.8) is 0 Å². The van der Waals surface area contributed by atoms with Crippen LogP contribution in [0.3, 0.4) is 0 Å². The van der Waals surface area contributed by atoms with Crippen molar-refractivity contribution in [1.82, 2.24) is 5.32 Å². The number of rotatable bonds is 1. The first-order valence-electron chi connectivity index (χ1n) is 5.25. The summed E-state index contributed by atoms with van der Waals surface area (Å²) in [7, 11) is 0. The van der Waals surface area contributed by atoms with Crippen molar-refractivity contribution in [2.75, 3.05) is 24.6 Å². The summed E-state index contributed by atoms with van der Waals surface area (Å²) < 4.78 is 0. The van der Waals surface area contributed by atoms with E-state index in [0.717, 1.165) is 11.8 Å². The topological polar surface area (TPSA) is 12.0 Å². The van der Waals surface area contributed by atoms with Crippen molar-refractivity contribution in [2.24, 2.45) is 11.8 Å². The lowest BCUT2D eigenvalue weighted by atomic mass is 9.81.